The van der Waals surface area contributed by atoms with E-state index in [9.17, 15) is 9.90 Å². The zero-order chi connectivity index (χ0) is 15.2. The van der Waals surface area contributed by atoms with Crippen molar-refractivity contribution in [2.75, 3.05) is 6.61 Å². The average Bonchev–Trinajstić information content (AvgIpc) is 2.48. The van der Waals surface area contributed by atoms with Gasteiger partial charge in [-0.05, 0) is 57.2 Å². The highest BCUT2D eigenvalue weighted by Crippen LogP contribution is 2.27. The zero-order valence-electron chi connectivity index (χ0n) is 12.8. The highest BCUT2D eigenvalue weighted by molar-refractivity contribution is 5.72. The third kappa shape index (κ3) is 4.46. The van der Waals surface area contributed by atoms with Crippen molar-refractivity contribution in [2.24, 2.45) is 5.92 Å². The van der Waals surface area contributed by atoms with E-state index in [0.29, 0.717) is 18.4 Å². The highest BCUT2D eigenvalue weighted by atomic mass is 16.5. The van der Waals surface area contributed by atoms with Crippen molar-refractivity contribution in [3.8, 4) is 5.75 Å². The van der Waals surface area contributed by atoms with Crippen LogP contribution in [0.5, 0.6) is 5.75 Å². The number of ether oxygens (including phenoxy) is 1. The lowest BCUT2D eigenvalue weighted by molar-refractivity contribution is -0.149. The maximum atomic E-state index is 11.7. The van der Waals surface area contributed by atoms with Crippen molar-refractivity contribution in [3.05, 3.63) is 29.8 Å². The SMILES string of the molecule is CCOC(=O)C1CCC(NC(C)c2cccc(O)c2)CC1. The van der Waals surface area contributed by atoms with Gasteiger partial charge in [-0.15, -0.1) is 0 Å². The van der Waals surface area contributed by atoms with Crippen LogP contribution in [0.2, 0.25) is 0 Å². The molecule has 0 bridgehead atoms. The lowest BCUT2D eigenvalue weighted by Gasteiger charge is -2.30. The summed E-state index contributed by atoms with van der Waals surface area (Å²) in [4.78, 5) is 11.7. The minimum absolute atomic E-state index is 0.0445. The quantitative estimate of drug-likeness (QED) is 0.818. The minimum atomic E-state index is -0.0445. The smallest absolute Gasteiger partial charge is 0.308 e. The molecule has 1 aliphatic rings. The molecule has 0 saturated heterocycles. The number of rotatable bonds is 5. The van der Waals surface area contributed by atoms with Gasteiger partial charge in [0.05, 0.1) is 12.5 Å². The van der Waals surface area contributed by atoms with E-state index in [0.717, 1.165) is 31.2 Å². The van der Waals surface area contributed by atoms with Gasteiger partial charge < -0.3 is 15.2 Å². The van der Waals surface area contributed by atoms with Crippen LogP contribution in [0.1, 0.15) is 51.1 Å². The molecule has 1 aromatic rings. The molecule has 0 amide bonds. The first-order valence-corrected chi connectivity index (χ1v) is 7.81. The van der Waals surface area contributed by atoms with Crippen molar-refractivity contribution in [1.29, 1.82) is 0 Å². The summed E-state index contributed by atoms with van der Waals surface area (Å²) in [6, 6.07) is 7.97. The summed E-state index contributed by atoms with van der Waals surface area (Å²) in [7, 11) is 0. The molecule has 1 atom stereocenters. The predicted molar refractivity (Wildman–Crippen MR) is 82.0 cm³/mol. The van der Waals surface area contributed by atoms with Crippen molar-refractivity contribution in [1.82, 2.24) is 5.32 Å². The van der Waals surface area contributed by atoms with E-state index in [2.05, 4.69) is 12.2 Å². The number of aromatic hydroxyl groups is 1. The Hall–Kier alpha value is -1.55. The van der Waals surface area contributed by atoms with Gasteiger partial charge in [0.25, 0.3) is 0 Å². The summed E-state index contributed by atoms with van der Waals surface area (Å²) in [6.07, 6.45) is 3.77. The number of nitrogens with one attached hydrogen (secondary N) is 1. The maximum absolute atomic E-state index is 11.7. The minimum Gasteiger partial charge on any atom is -0.508 e. The molecule has 0 radical (unpaired) electrons. The molecule has 1 unspecified atom stereocenters. The molecule has 1 aromatic carbocycles. The summed E-state index contributed by atoms with van der Waals surface area (Å²) < 4.78 is 5.09. The normalized spacial score (nSPS) is 23.5. The number of benzene rings is 1. The van der Waals surface area contributed by atoms with Crippen LogP contribution < -0.4 is 5.32 Å². The Labute approximate surface area is 126 Å². The van der Waals surface area contributed by atoms with Crippen molar-refractivity contribution < 1.29 is 14.6 Å². The standard InChI is InChI=1S/C17H25NO3/c1-3-21-17(20)13-7-9-15(10-8-13)18-12(2)14-5-4-6-16(19)11-14/h4-6,11-13,15,18-19H,3,7-10H2,1-2H3. The molecule has 2 N–H and O–H groups in total. The first-order valence-electron chi connectivity index (χ1n) is 7.81. The van der Waals surface area contributed by atoms with E-state index in [1.165, 1.54) is 0 Å². The number of phenolic OH excluding ortho intramolecular Hbond substituents is 1. The zero-order valence-corrected chi connectivity index (χ0v) is 12.8. The summed E-state index contributed by atoms with van der Waals surface area (Å²) in [5, 5.41) is 13.1. The van der Waals surface area contributed by atoms with Gasteiger partial charge in [-0.2, -0.15) is 0 Å². The fourth-order valence-corrected chi connectivity index (χ4v) is 3.00. The molecule has 0 aliphatic heterocycles. The highest BCUT2D eigenvalue weighted by Gasteiger charge is 2.27. The summed E-state index contributed by atoms with van der Waals surface area (Å²) in [5.74, 6) is 0.322. The molecule has 1 saturated carbocycles. The number of carbonyl (C=O) groups is 1. The Morgan fingerprint density at radius 1 is 1.38 bits per heavy atom. The molecule has 21 heavy (non-hydrogen) atoms. The van der Waals surface area contributed by atoms with Crippen LogP contribution in [0.3, 0.4) is 0 Å². The van der Waals surface area contributed by atoms with Gasteiger partial charge in [0.1, 0.15) is 5.75 Å². The molecular formula is C17H25NO3. The Morgan fingerprint density at radius 2 is 2.10 bits per heavy atom. The Balaban J connectivity index is 1.82. The third-order valence-electron chi connectivity index (χ3n) is 4.20. The number of hydrogen-bond donors (Lipinski definition) is 2. The van der Waals surface area contributed by atoms with E-state index in [4.69, 9.17) is 4.74 Å². The van der Waals surface area contributed by atoms with E-state index in [1.807, 2.05) is 19.1 Å². The Kier molecular flexibility index (Phi) is 5.62. The number of esters is 1. The topological polar surface area (TPSA) is 58.6 Å². The second-order valence-electron chi connectivity index (χ2n) is 5.78. The molecule has 0 aromatic heterocycles. The molecule has 1 fully saturated rings. The van der Waals surface area contributed by atoms with Crippen molar-refractivity contribution >= 4 is 5.97 Å². The lowest BCUT2D eigenvalue weighted by atomic mass is 9.85. The Morgan fingerprint density at radius 3 is 2.71 bits per heavy atom. The monoisotopic (exact) mass is 291 g/mol. The van der Waals surface area contributed by atoms with Crippen LogP contribution in [0.4, 0.5) is 0 Å². The summed E-state index contributed by atoms with van der Waals surface area (Å²) in [6.45, 7) is 4.42. The third-order valence-corrected chi connectivity index (χ3v) is 4.20. The maximum Gasteiger partial charge on any atom is 0.308 e. The molecule has 0 spiro atoms. The van der Waals surface area contributed by atoms with E-state index in [-0.39, 0.29) is 17.9 Å². The van der Waals surface area contributed by atoms with Gasteiger partial charge in [-0.3, -0.25) is 4.79 Å². The fourth-order valence-electron chi connectivity index (χ4n) is 3.00. The molecule has 0 heterocycles. The molecule has 4 nitrogen and oxygen atoms in total. The van der Waals surface area contributed by atoms with Gasteiger partial charge >= 0.3 is 5.97 Å². The summed E-state index contributed by atoms with van der Waals surface area (Å²) >= 11 is 0. The Bertz CT molecular complexity index is 467. The van der Waals surface area contributed by atoms with Crippen LogP contribution in [0.15, 0.2) is 24.3 Å². The van der Waals surface area contributed by atoms with Crippen LogP contribution >= 0.6 is 0 Å². The van der Waals surface area contributed by atoms with Crippen LogP contribution in [0.25, 0.3) is 0 Å². The molecule has 4 heteroatoms. The summed E-state index contributed by atoms with van der Waals surface area (Å²) in [5.41, 5.74) is 1.09. The second-order valence-corrected chi connectivity index (χ2v) is 5.78. The van der Waals surface area contributed by atoms with Gasteiger partial charge in [-0.1, -0.05) is 12.1 Å². The second kappa shape index (κ2) is 7.46. The number of hydrogen-bond acceptors (Lipinski definition) is 4. The average molecular weight is 291 g/mol. The van der Waals surface area contributed by atoms with Gasteiger partial charge in [0.2, 0.25) is 0 Å². The first kappa shape index (κ1) is 15.8. The molecule has 2 rings (SSSR count). The van der Waals surface area contributed by atoms with Crippen LogP contribution in [0, 0.1) is 5.92 Å². The van der Waals surface area contributed by atoms with Crippen molar-refractivity contribution in [2.45, 2.75) is 51.6 Å². The fraction of sp³-hybridized carbons (Fsp3) is 0.588. The largest absolute Gasteiger partial charge is 0.508 e. The van der Waals surface area contributed by atoms with Gasteiger partial charge in [0, 0.05) is 12.1 Å². The molecule has 1 aliphatic carbocycles. The van der Waals surface area contributed by atoms with E-state index < -0.39 is 0 Å². The number of phenols is 1. The van der Waals surface area contributed by atoms with Crippen LogP contribution in [-0.4, -0.2) is 23.7 Å². The van der Waals surface area contributed by atoms with Crippen molar-refractivity contribution in [3.63, 3.8) is 0 Å². The van der Waals surface area contributed by atoms with E-state index in [1.54, 1.807) is 12.1 Å². The van der Waals surface area contributed by atoms with Gasteiger partial charge in [0.15, 0.2) is 0 Å². The molecular weight excluding hydrogens is 266 g/mol. The predicted octanol–water partition coefficient (Wildman–Crippen LogP) is 3.16. The number of carbonyl (C=O) groups excluding carboxylic acids is 1. The van der Waals surface area contributed by atoms with Crippen LogP contribution in [-0.2, 0) is 9.53 Å². The lowest BCUT2D eigenvalue weighted by Crippen LogP contribution is -2.36. The first-order chi connectivity index (χ1) is 10.1. The van der Waals surface area contributed by atoms with Gasteiger partial charge in [-0.25, -0.2) is 0 Å². The van der Waals surface area contributed by atoms with E-state index >= 15 is 0 Å². The molecule has 116 valence electrons.